The monoisotopic (exact) mass is 405 g/mol. The van der Waals surface area contributed by atoms with E-state index in [-0.39, 0.29) is 30.7 Å². The van der Waals surface area contributed by atoms with Crippen molar-refractivity contribution in [2.45, 2.75) is 33.1 Å². The predicted octanol–water partition coefficient (Wildman–Crippen LogP) is 3.58. The van der Waals surface area contributed by atoms with Crippen molar-refractivity contribution in [1.82, 2.24) is 10.2 Å². The molecule has 0 radical (unpaired) electrons. The third-order valence-corrected chi connectivity index (χ3v) is 4.65. The number of benzene rings is 1. The fraction of sp³-hybridized carbons (Fsp3) is 0.632. The Hall–Kier alpha value is -1.01. The summed E-state index contributed by atoms with van der Waals surface area (Å²) in [5, 5.41) is 6.30. The smallest absolute Gasteiger partial charge is 0.224 e. The van der Waals surface area contributed by atoms with Gasteiger partial charge in [-0.15, -0.1) is 24.8 Å². The molecule has 2 rings (SSSR count). The summed E-state index contributed by atoms with van der Waals surface area (Å²) in [5.41, 5.74) is 0.834. The van der Waals surface area contributed by atoms with E-state index in [1.807, 2.05) is 24.3 Å². The highest BCUT2D eigenvalue weighted by Crippen LogP contribution is 2.18. The molecule has 0 aromatic heterocycles. The Kier molecular flexibility index (Phi) is 13.6. The largest absolute Gasteiger partial charge is 0.492 e. The average Bonchev–Trinajstić information content (AvgIpc) is 3.12. The fourth-order valence-corrected chi connectivity index (χ4v) is 2.99. The highest BCUT2D eigenvalue weighted by Gasteiger charge is 2.15. The summed E-state index contributed by atoms with van der Waals surface area (Å²) >= 11 is 0. The van der Waals surface area contributed by atoms with Crippen LogP contribution in [0.1, 0.15) is 33.1 Å². The van der Waals surface area contributed by atoms with E-state index >= 15 is 0 Å². The van der Waals surface area contributed by atoms with E-state index in [4.69, 9.17) is 4.74 Å². The molecule has 1 heterocycles. The van der Waals surface area contributed by atoms with Crippen molar-refractivity contribution < 1.29 is 9.53 Å². The van der Waals surface area contributed by atoms with Crippen LogP contribution in [0.5, 0.6) is 5.75 Å². The summed E-state index contributed by atoms with van der Waals surface area (Å²) in [5.74, 6) is 1.59. The zero-order valence-electron chi connectivity index (χ0n) is 15.8. The van der Waals surface area contributed by atoms with Gasteiger partial charge >= 0.3 is 0 Å². The van der Waals surface area contributed by atoms with E-state index in [1.54, 1.807) is 0 Å². The van der Waals surface area contributed by atoms with Crippen LogP contribution in [-0.2, 0) is 4.79 Å². The van der Waals surface area contributed by atoms with Crippen LogP contribution in [0.2, 0.25) is 0 Å². The van der Waals surface area contributed by atoms with E-state index < -0.39 is 0 Å². The number of nitrogens with one attached hydrogen (secondary N) is 2. The van der Waals surface area contributed by atoms with Crippen LogP contribution in [0.25, 0.3) is 0 Å². The maximum atomic E-state index is 12.0. The zero-order chi connectivity index (χ0) is 17.2. The van der Waals surface area contributed by atoms with Crippen molar-refractivity contribution in [3.63, 3.8) is 0 Å². The number of ether oxygens (including phenoxy) is 1. The van der Waals surface area contributed by atoms with Gasteiger partial charge in [0, 0.05) is 18.7 Å². The normalized spacial score (nSPS) is 15.9. The van der Waals surface area contributed by atoms with Gasteiger partial charge in [-0.1, -0.05) is 13.8 Å². The number of halogens is 2. The van der Waals surface area contributed by atoms with Crippen molar-refractivity contribution in [3.8, 4) is 5.75 Å². The third kappa shape index (κ3) is 9.08. The predicted molar refractivity (Wildman–Crippen MR) is 113 cm³/mol. The van der Waals surface area contributed by atoms with Gasteiger partial charge in [0.1, 0.15) is 12.4 Å². The molecule has 0 aliphatic carbocycles. The summed E-state index contributed by atoms with van der Waals surface area (Å²) in [6.07, 6.45) is 2.74. The molecule has 1 amide bonds. The molecule has 7 heteroatoms. The lowest BCUT2D eigenvalue weighted by Gasteiger charge is -2.18. The summed E-state index contributed by atoms with van der Waals surface area (Å²) in [7, 11) is 0. The van der Waals surface area contributed by atoms with Gasteiger partial charge in [0.05, 0.1) is 0 Å². The Bertz CT molecular complexity index is 490. The Morgan fingerprint density at radius 3 is 2.50 bits per heavy atom. The number of hydrogen-bond acceptors (Lipinski definition) is 4. The number of carbonyl (C=O) groups excluding carboxylic acids is 1. The minimum absolute atomic E-state index is 0. The summed E-state index contributed by atoms with van der Waals surface area (Å²) < 4.78 is 5.75. The highest BCUT2D eigenvalue weighted by molar-refractivity contribution is 5.90. The number of likely N-dealkylation sites (N-methyl/N-ethyl adjacent to an activating group) is 1. The second-order valence-electron chi connectivity index (χ2n) is 6.35. The average molecular weight is 406 g/mol. The summed E-state index contributed by atoms with van der Waals surface area (Å²) in [6.45, 7) is 10.1. The Morgan fingerprint density at radius 1 is 1.23 bits per heavy atom. The first-order valence-corrected chi connectivity index (χ1v) is 9.17. The quantitative estimate of drug-likeness (QED) is 0.624. The topological polar surface area (TPSA) is 53.6 Å². The minimum atomic E-state index is 0. The molecule has 0 spiro atoms. The van der Waals surface area contributed by atoms with E-state index in [1.165, 1.54) is 6.42 Å². The Morgan fingerprint density at radius 2 is 1.92 bits per heavy atom. The van der Waals surface area contributed by atoms with Gasteiger partial charge in [-0.05, 0) is 69.2 Å². The molecule has 1 aliphatic heterocycles. The number of hydrogen-bond donors (Lipinski definition) is 2. The van der Waals surface area contributed by atoms with Crippen molar-refractivity contribution in [1.29, 1.82) is 0 Å². The maximum absolute atomic E-state index is 12.0. The lowest BCUT2D eigenvalue weighted by Crippen LogP contribution is -2.27. The maximum Gasteiger partial charge on any atom is 0.224 e. The van der Waals surface area contributed by atoms with E-state index in [0.717, 1.165) is 50.6 Å². The van der Waals surface area contributed by atoms with Crippen LogP contribution < -0.4 is 15.4 Å². The van der Waals surface area contributed by atoms with Crippen LogP contribution in [0.3, 0.4) is 0 Å². The van der Waals surface area contributed by atoms with E-state index in [2.05, 4.69) is 29.4 Å². The van der Waals surface area contributed by atoms with Crippen molar-refractivity contribution in [2.24, 2.45) is 5.92 Å². The molecular formula is C19H33Cl2N3O2. The molecule has 1 aliphatic rings. The number of rotatable bonds is 10. The van der Waals surface area contributed by atoms with Gasteiger partial charge < -0.3 is 20.3 Å². The zero-order valence-corrected chi connectivity index (χ0v) is 17.5. The minimum Gasteiger partial charge on any atom is -0.492 e. The first-order chi connectivity index (χ1) is 11.7. The molecule has 2 N–H and O–H groups in total. The van der Waals surface area contributed by atoms with Crippen LogP contribution in [0.4, 0.5) is 5.69 Å². The highest BCUT2D eigenvalue weighted by atomic mass is 35.5. The van der Waals surface area contributed by atoms with Crippen LogP contribution >= 0.6 is 24.8 Å². The van der Waals surface area contributed by atoms with E-state index in [9.17, 15) is 4.79 Å². The molecule has 26 heavy (non-hydrogen) atoms. The lowest BCUT2D eigenvalue weighted by molar-refractivity contribution is -0.116. The van der Waals surface area contributed by atoms with Crippen LogP contribution in [0.15, 0.2) is 24.3 Å². The molecule has 1 unspecified atom stereocenters. The second kappa shape index (κ2) is 14.1. The SMILES string of the molecule is CCN(CC)CCOc1ccc(NC(=O)CCC2CCNC2)cc1.Cl.Cl. The van der Waals surface area contributed by atoms with Gasteiger partial charge in [0.2, 0.25) is 5.91 Å². The number of carbonyl (C=O) groups is 1. The lowest BCUT2D eigenvalue weighted by atomic mass is 10.0. The van der Waals surface area contributed by atoms with Crippen LogP contribution in [0, 0.1) is 5.92 Å². The van der Waals surface area contributed by atoms with Crippen LogP contribution in [-0.4, -0.2) is 50.1 Å². The molecule has 1 saturated heterocycles. The molecule has 1 fully saturated rings. The number of amides is 1. The second-order valence-corrected chi connectivity index (χ2v) is 6.35. The van der Waals surface area contributed by atoms with Gasteiger partial charge in [-0.25, -0.2) is 0 Å². The molecular weight excluding hydrogens is 373 g/mol. The standard InChI is InChI=1S/C19H31N3O2.2ClH/c1-3-22(4-2)13-14-24-18-8-6-17(7-9-18)21-19(23)10-5-16-11-12-20-15-16;;/h6-9,16,20H,3-5,10-15H2,1-2H3,(H,21,23);2*1H. The van der Waals surface area contributed by atoms with E-state index in [0.29, 0.717) is 18.9 Å². The molecule has 0 bridgehead atoms. The van der Waals surface area contributed by atoms with Gasteiger partial charge in [-0.2, -0.15) is 0 Å². The molecule has 0 saturated carbocycles. The summed E-state index contributed by atoms with van der Waals surface area (Å²) in [4.78, 5) is 14.3. The van der Waals surface area contributed by atoms with Crippen molar-refractivity contribution in [2.75, 3.05) is 44.6 Å². The Balaban J connectivity index is 0.00000312. The number of anilines is 1. The first kappa shape index (κ1) is 25.0. The fourth-order valence-electron chi connectivity index (χ4n) is 2.99. The van der Waals surface area contributed by atoms with Gasteiger partial charge in [0.25, 0.3) is 0 Å². The van der Waals surface area contributed by atoms with Gasteiger partial charge in [0.15, 0.2) is 0 Å². The molecule has 5 nitrogen and oxygen atoms in total. The third-order valence-electron chi connectivity index (χ3n) is 4.65. The van der Waals surface area contributed by atoms with Crippen molar-refractivity contribution >= 4 is 36.4 Å². The Labute approximate surface area is 170 Å². The number of nitrogens with zero attached hydrogens (tertiary/aromatic N) is 1. The molecule has 1 aromatic carbocycles. The molecule has 1 atom stereocenters. The summed E-state index contributed by atoms with van der Waals surface area (Å²) in [6, 6.07) is 7.64. The first-order valence-electron chi connectivity index (χ1n) is 9.17. The molecule has 1 aromatic rings. The molecule has 150 valence electrons. The van der Waals surface area contributed by atoms with Gasteiger partial charge in [-0.3, -0.25) is 4.79 Å². The van der Waals surface area contributed by atoms with Crippen molar-refractivity contribution in [3.05, 3.63) is 24.3 Å².